The molecule has 0 saturated carbocycles. The van der Waals surface area contributed by atoms with Gasteiger partial charge in [-0.05, 0) is 66.8 Å². The standard InChI is InChI=1S/C20H23NO5/c1-11(2)17-12(3)10-16(18(25-5)13(17)4)26-15-8-6-14(7-9-15)21-19(22)20(23)24/h6-11H,1-5H3,(H,21,22)(H,23,24). The van der Waals surface area contributed by atoms with Crippen LogP contribution >= 0.6 is 0 Å². The maximum Gasteiger partial charge on any atom is 0.394 e. The van der Waals surface area contributed by atoms with Crippen molar-refractivity contribution in [1.29, 1.82) is 0 Å². The normalized spacial score (nSPS) is 10.5. The first-order valence-electron chi connectivity index (χ1n) is 8.24. The first-order chi connectivity index (χ1) is 12.2. The number of carboxylic acids is 1. The average Bonchev–Trinajstić information content (AvgIpc) is 2.56. The lowest BCUT2D eigenvalue weighted by Crippen LogP contribution is -2.21. The van der Waals surface area contributed by atoms with Crippen LogP contribution in [0.15, 0.2) is 30.3 Å². The molecule has 0 saturated heterocycles. The highest BCUT2D eigenvalue weighted by Crippen LogP contribution is 2.40. The lowest BCUT2D eigenvalue weighted by atomic mass is 9.92. The molecule has 0 heterocycles. The number of nitrogens with one attached hydrogen (secondary N) is 1. The van der Waals surface area contributed by atoms with Crippen LogP contribution in [-0.4, -0.2) is 24.1 Å². The van der Waals surface area contributed by atoms with Gasteiger partial charge in [0.15, 0.2) is 11.5 Å². The van der Waals surface area contributed by atoms with Crippen LogP contribution in [0.1, 0.15) is 36.5 Å². The first kappa shape index (κ1) is 19.3. The highest BCUT2D eigenvalue weighted by Gasteiger charge is 2.18. The molecule has 0 fully saturated rings. The van der Waals surface area contributed by atoms with Gasteiger partial charge < -0.3 is 19.9 Å². The average molecular weight is 357 g/mol. The molecule has 6 nitrogen and oxygen atoms in total. The highest BCUT2D eigenvalue weighted by molar-refractivity contribution is 6.36. The Bertz CT molecular complexity index is 825. The van der Waals surface area contributed by atoms with Crippen LogP contribution in [0.4, 0.5) is 5.69 Å². The van der Waals surface area contributed by atoms with Crippen molar-refractivity contribution in [2.24, 2.45) is 0 Å². The number of benzene rings is 2. The van der Waals surface area contributed by atoms with E-state index in [1.165, 1.54) is 5.56 Å². The van der Waals surface area contributed by atoms with E-state index < -0.39 is 11.9 Å². The van der Waals surface area contributed by atoms with Gasteiger partial charge in [0.25, 0.3) is 0 Å². The zero-order valence-corrected chi connectivity index (χ0v) is 15.5. The van der Waals surface area contributed by atoms with Crippen molar-refractivity contribution in [1.82, 2.24) is 0 Å². The van der Waals surface area contributed by atoms with Crippen LogP contribution in [0.2, 0.25) is 0 Å². The number of methoxy groups -OCH3 is 1. The van der Waals surface area contributed by atoms with Crippen LogP contribution in [0, 0.1) is 13.8 Å². The topological polar surface area (TPSA) is 84.9 Å². The second kappa shape index (κ2) is 7.91. The number of rotatable bonds is 5. The van der Waals surface area contributed by atoms with Gasteiger partial charge in [-0.3, -0.25) is 4.79 Å². The number of ether oxygens (including phenoxy) is 2. The monoisotopic (exact) mass is 357 g/mol. The third-order valence-corrected chi connectivity index (χ3v) is 4.06. The molecule has 0 atom stereocenters. The van der Waals surface area contributed by atoms with Gasteiger partial charge in [-0.15, -0.1) is 0 Å². The Morgan fingerprint density at radius 3 is 2.23 bits per heavy atom. The van der Waals surface area contributed by atoms with Crippen LogP contribution in [-0.2, 0) is 9.59 Å². The molecule has 0 unspecified atom stereocenters. The molecule has 2 rings (SSSR count). The summed E-state index contributed by atoms with van der Waals surface area (Å²) in [4.78, 5) is 21.7. The van der Waals surface area contributed by atoms with Crippen LogP contribution in [0.25, 0.3) is 0 Å². The Hall–Kier alpha value is -3.02. The van der Waals surface area contributed by atoms with E-state index in [2.05, 4.69) is 19.2 Å². The minimum absolute atomic E-state index is 0.370. The number of carboxylic acid groups (broad SMARTS) is 1. The molecule has 2 aromatic rings. The molecule has 26 heavy (non-hydrogen) atoms. The Morgan fingerprint density at radius 1 is 1.12 bits per heavy atom. The number of carbonyl (C=O) groups is 2. The zero-order valence-electron chi connectivity index (χ0n) is 15.5. The maximum atomic E-state index is 11.2. The summed E-state index contributed by atoms with van der Waals surface area (Å²) in [5.41, 5.74) is 3.78. The quantitative estimate of drug-likeness (QED) is 0.782. The molecule has 2 N–H and O–H groups in total. The first-order valence-corrected chi connectivity index (χ1v) is 8.24. The van der Waals surface area contributed by atoms with Gasteiger partial charge in [0, 0.05) is 5.69 Å². The molecule has 138 valence electrons. The molecule has 0 bridgehead atoms. The van der Waals surface area contributed by atoms with Crippen LogP contribution in [0.3, 0.4) is 0 Å². The van der Waals surface area contributed by atoms with Gasteiger partial charge in [0.1, 0.15) is 5.75 Å². The van der Waals surface area contributed by atoms with Crippen molar-refractivity contribution < 1.29 is 24.2 Å². The minimum Gasteiger partial charge on any atom is -0.493 e. The molecule has 0 aliphatic rings. The molecule has 0 aliphatic carbocycles. The molecule has 0 spiro atoms. The summed E-state index contributed by atoms with van der Waals surface area (Å²) in [6.07, 6.45) is 0. The number of hydrogen-bond donors (Lipinski definition) is 2. The summed E-state index contributed by atoms with van der Waals surface area (Å²) in [6, 6.07) is 8.40. The van der Waals surface area contributed by atoms with E-state index in [0.717, 1.165) is 11.1 Å². The summed E-state index contributed by atoms with van der Waals surface area (Å²) >= 11 is 0. The Morgan fingerprint density at radius 2 is 1.73 bits per heavy atom. The second-order valence-electron chi connectivity index (χ2n) is 6.30. The third kappa shape index (κ3) is 4.14. The van der Waals surface area contributed by atoms with E-state index >= 15 is 0 Å². The summed E-state index contributed by atoms with van der Waals surface area (Å²) in [7, 11) is 1.61. The van der Waals surface area contributed by atoms with Crippen molar-refractivity contribution in [2.45, 2.75) is 33.6 Å². The van der Waals surface area contributed by atoms with Crippen molar-refractivity contribution in [3.05, 3.63) is 47.0 Å². The van der Waals surface area contributed by atoms with Crippen molar-refractivity contribution in [3.8, 4) is 17.2 Å². The molecule has 0 aromatic heterocycles. The lowest BCUT2D eigenvalue weighted by Gasteiger charge is -2.20. The summed E-state index contributed by atoms with van der Waals surface area (Å²) < 4.78 is 11.5. The molecular formula is C20H23NO5. The van der Waals surface area contributed by atoms with Gasteiger partial charge in [0.05, 0.1) is 7.11 Å². The van der Waals surface area contributed by atoms with E-state index in [4.69, 9.17) is 14.6 Å². The van der Waals surface area contributed by atoms with E-state index in [-0.39, 0.29) is 0 Å². The Kier molecular flexibility index (Phi) is 5.87. The van der Waals surface area contributed by atoms with E-state index in [0.29, 0.717) is 28.9 Å². The summed E-state index contributed by atoms with van der Waals surface area (Å²) in [5.74, 6) is -0.415. The molecule has 0 aliphatic heterocycles. The molecule has 0 radical (unpaired) electrons. The van der Waals surface area contributed by atoms with Gasteiger partial charge in [-0.1, -0.05) is 13.8 Å². The number of hydrogen-bond acceptors (Lipinski definition) is 4. The van der Waals surface area contributed by atoms with E-state index in [1.807, 2.05) is 19.9 Å². The fourth-order valence-corrected chi connectivity index (χ4v) is 3.08. The SMILES string of the molecule is COc1c(Oc2ccc(NC(=O)C(=O)O)cc2)cc(C)c(C(C)C)c1C. The third-order valence-electron chi connectivity index (χ3n) is 4.06. The molecular weight excluding hydrogens is 334 g/mol. The fraction of sp³-hybridized carbons (Fsp3) is 0.300. The lowest BCUT2D eigenvalue weighted by molar-refractivity contribution is -0.147. The van der Waals surface area contributed by atoms with Gasteiger partial charge in [-0.25, -0.2) is 4.79 Å². The maximum absolute atomic E-state index is 11.2. The van der Waals surface area contributed by atoms with Crippen LogP contribution in [0.5, 0.6) is 17.2 Å². The van der Waals surface area contributed by atoms with Gasteiger partial charge >= 0.3 is 11.9 Å². The second-order valence-corrected chi connectivity index (χ2v) is 6.30. The zero-order chi connectivity index (χ0) is 19.4. The number of amides is 1. The van der Waals surface area contributed by atoms with Gasteiger partial charge in [0.2, 0.25) is 0 Å². The number of aliphatic carboxylic acids is 1. The fourth-order valence-electron chi connectivity index (χ4n) is 3.08. The van der Waals surface area contributed by atoms with E-state index in [1.54, 1.807) is 31.4 Å². The predicted octanol–water partition coefficient (Wildman–Crippen LogP) is 4.25. The summed E-state index contributed by atoms with van der Waals surface area (Å²) in [6.45, 7) is 8.33. The van der Waals surface area contributed by atoms with Crippen LogP contribution < -0.4 is 14.8 Å². The molecule has 6 heteroatoms. The number of aryl methyl sites for hydroxylation is 1. The van der Waals surface area contributed by atoms with E-state index in [9.17, 15) is 9.59 Å². The molecule has 1 amide bonds. The van der Waals surface area contributed by atoms with Gasteiger partial charge in [-0.2, -0.15) is 0 Å². The number of carbonyl (C=O) groups excluding carboxylic acids is 1. The Labute approximate surface area is 152 Å². The van der Waals surface area contributed by atoms with Crippen molar-refractivity contribution in [2.75, 3.05) is 12.4 Å². The Balaban J connectivity index is 2.28. The smallest absolute Gasteiger partial charge is 0.394 e. The number of anilines is 1. The predicted molar refractivity (Wildman–Crippen MR) is 99.3 cm³/mol. The highest BCUT2D eigenvalue weighted by atomic mass is 16.5. The van der Waals surface area contributed by atoms with Crippen molar-refractivity contribution in [3.63, 3.8) is 0 Å². The summed E-state index contributed by atoms with van der Waals surface area (Å²) in [5, 5.41) is 10.9. The minimum atomic E-state index is -1.54. The van der Waals surface area contributed by atoms with Crippen molar-refractivity contribution >= 4 is 17.6 Å². The largest absolute Gasteiger partial charge is 0.493 e. The molecule has 2 aromatic carbocycles.